The molecule has 0 saturated heterocycles. The van der Waals surface area contributed by atoms with Gasteiger partial charge in [0.2, 0.25) is 0 Å². The molecule has 0 spiro atoms. The van der Waals surface area contributed by atoms with Crippen molar-refractivity contribution in [1.29, 1.82) is 0 Å². The first-order valence-electron chi connectivity index (χ1n) is 3.54. The van der Waals surface area contributed by atoms with Crippen molar-refractivity contribution in [3.05, 3.63) is 29.8 Å². The minimum atomic E-state index is -0.948. The van der Waals surface area contributed by atoms with Crippen molar-refractivity contribution in [3.8, 4) is 0 Å². The van der Waals surface area contributed by atoms with Gasteiger partial charge in [0.25, 0.3) is 0 Å². The second-order valence-corrected chi connectivity index (χ2v) is 3.55. The summed E-state index contributed by atoms with van der Waals surface area (Å²) >= 11 is -0.948. The molecule has 6 heteroatoms. The molecule has 0 amide bonds. The number of benzene rings is 1. The standard InChI is InChI=1S/C7H7NOS.CHO2.Zn/c9-10-7-4-2-1-3-6(7)5-8-10;2-1-3;/h1-4,8H,5H2;(H,2,3);/q;-1;. The van der Waals surface area contributed by atoms with E-state index in [4.69, 9.17) is 9.90 Å². The van der Waals surface area contributed by atoms with Crippen LogP contribution in [0.25, 0.3) is 0 Å². The molecule has 1 atom stereocenters. The van der Waals surface area contributed by atoms with Crippen LogP contribution in [-0.2, 0) is 42.2 Å². The maximum absolute atomic E-state index is 11.1. The van der Waals surface area contributed by atoms with E-state index < -0.39 is 11.4 Å². The van der Waals surface area contributed by atoms with Gasteiger partial charge in [0, 0.05) is 25.0 Å². The van der Waals surface area contributed by atoms with Crippen LogP contribution in [0.15, 0.2) is 29.2 Å². The zero-order valence-corrected chi connectivity index (χ0v) is 11.2. The first-order valence-corrected chi connectivity index (χ1v) is 4.69. The Morgan fingerprint density at radius 1 is 1.50 bits per heavy atom. The summed E-state index contributed by atoms with van der Waals surface area (Å²) in [5.74, 6) is 0. The van der Waals surface area contributed by atoms with E-state index in [-0.39, 0.29) is 19.5 Å². The fraction of sp³-hybridized carbons (Fsp3) is 0.125. The van der Waals surface area contributed by atoms with Crippen molar-refractivity contribution in [2.75, 3.05) is 0 Å². The van der Waals surface area contributed by atoms with Crippen molar-refractivity contribution < 1.29 is 33.9 Å². The normalized spacial score (nSPS) is 17.1. The molecule has 1 aromatic carbocycles. The van der Waals surface area contributed by atoms with Crippen LogP contribution in [0, 0.1) is 0 Å². The Labute approximate surface area is 97.8 Å². The van der Waals surface area contributed by atoms with E-state index in [0.29, 0.717) is 6.47 Å². The topological polar surface area (TPSA) is 72.4 Å². The molecule has 1 aliphatic rings. The molecule has 0 aromatic heterocycles. The largest absolute Gasteiger partial charge is 0.665 e. The molecule has 2 N–H and O–H groups in total. The van der Waals surface area contributed by atoms with Gasteiger partial charge in [-0.3, -0.25) is 0 Å². The molecule has 14 heavy (non-hydrogen) atoms. The van der Waals surface area contributed by atoms with E-state index >= 15 is 0 Å². The average Bonchev–Trinajstić information content (AvgIpc) is 2.50. The predicted molar refractivity (Wildman–Crippen MR) is 48.0 cm³/mol. The summed E-state index contributed by atoms with van der Waals surface area (Å²) in [5, 5.41) is 6.76. The number of rotatable bonds is 0. The van der Waals surface area contributed by atoms with Crippen LogP contribution in [0.4, 0.5) is 0 Å². The third-order valence-corrected chi connectivity index (χ3v) is 2.77. The maximum Gasteiger partial charge on any atom is 0.178 e. The Balaban J connectivity index is 0.000000381. The Bertz CT molecular complexity index is 298. The molecule has 72 valence electrons. The number of hydrogen-bond donors (Lipinski definition) is 2. The molecule has 1 heterocycles. The summed E-state index contributed by atoms with van der Waals surface area (Å²) in [7, 11) is 0. The van der Waals surface area contributed by atoms with Crippen LogP contribution >= 0.6 is 0 Å². The maximum atomic E-state index is 11.1. The SMILES string of the molecule is O=[C-]O.[O-][S+]1NCc2ccccc21.[Zn]. The predicted octanol–water partition coefficient (Wildman–Crippen LogP) is 0.421. The molecule has 1 unspecified atom stereocenters. The van der Waals surface area contributed by atoms with Gasteiger partial charge in [-0.1, -0.05) is 24.7 Å². The van der Waals surface area contributed by atoms with Gasteiger partial charge in [0.1, 0.15) is 0 Å². The number of hydrogen-bond acceptors (Lipinski definition) is 3. The summed E-state index contributed by atoms with van der Waals surface area (Å²) in [5.41, 5.74) is 1.15. The van der Waals surface area contributed by atoms with E-state index in [9.17, 15) is 4.55 Å². The molecular weight excluding hydrogens is 256 g/mol. The Morgan fingerprint density at radius 3 is 2.64 bits per heavy atom. The summed E-state index contributed by atoms with van der Waals surface area (Å²) in [6, 6.07) is 7.76. The van der Waals surface area contributed by atoms with Crippen molar-refractivity contribution in [2.45, 2.75) is 11.4 Å². The molecule has 1 aliphatic heterocycles. The van der Waals surface area contributed by atoms with Gasteiger partial charge in [-0.05, 0) is 6.07 Å². The third kappa shape index (κ3) is 3.38. The molecule has 2 rings (SSSR count). The molecule has 0 saturated carbocycles. The molecular formula is C8H8NO3SZn-. The van der Waals surface area contributed by atoms with Crippen LogP contribution in [0.3, 0.4) is 0 Å². The summed E-state index contributed by atoms with van der Waals surface area (Å²) in [4.78, 5) is 9.17. The fourth-order valence-corrected chi connectivity index (χ4v) is 2.07. The van der Waals surface area contributed by atoms with Gasteiger partial charge < -0.3 is 14.5 Å². The van der Waals surface area contributed by atoms with Gasteiger partial charge in [-0.25, -0.2) is 0 Å². The first-order chi connectivity index (χ1) is 6.29. The van der Waals surface area contributed by atoms with Gasteiger partial charge in [0.15, 0.2) is 4.90 Å². The van der Waals surface area contributed by atoms with Crippen molar-refractivity contribution in [2.24, 2.45) is 0 Å². The van der Waals surface area contributed by atoms with Crippen LogP contribution < -0.4 is 4.72 Å². The quantitative estimate of drug-likeness (QED) is 0.404. The summed E-state index contributed by atoms with van der Waals surface area (Å²) in [6.07, 6.45) is 0. The average molecular weight is 264 g/mol. The fourth-order valence-electron chi connectivity index (χ4n) is 1.05. The first kappa shape index (κ1) is 13.6. The van der Waals surface area contributed by atoms with Crippen molar-refractivity contribution in [3.63, 3.8) is 0 Å². The van der Waals surface area contributed by atoms with E-state index in [2.05, 4.69) is 4.72 Å². The van der Waals surface area contributed by atoms with Crippen LogP contribution in [-0.4, -0.2) is 16.1 Å². The monoisotopic (exact) mass is 262 g/mol. The minimum absolute atomic E-state index is 0. The van der Waals surface area contributed by atoms with Gasteiger partial charge >= 0.3 is 0 Å². The van der Waals surface area contributed by atoms with Crippen molar-refractivity contribution in [1.82, 2.24) is 4.72 Å². The van der Waals surface area contributed by atoms with Crippen LogP contribution in [0.1, 0.15) is 5.56 Å². The smallest absolute Gasteiger partial charge is 0.178 e. The molecule has 0 bridgehead atoms. The van der Waals surface area contributed by atoms with Crippen LogP contribution in [0.2, 0.25) is 0 Å². The molecule has 1 aromatic rings. The Hall–Kier alpha value is -0.417. The molecule has 0 fully saturated rings. The number of nitrogens with one attached hydrogen (secondary N) is 1. The summed E-state index contributed by atoms with van der Waals surface area (Å²) < 4.78 is 13.9. The van der Waals surface area contributed by atoms with E-state index in [0.717, 1.165) is 17.0 Å². The third-order valence-electron chi connectivity index (χ3n) is 1.57. The van der Waals surface area contributed by atoms with E-state index in [1.165, 1.54) is 0 Å². The van der Waals surface area contributed by atoms with E-state index in [1.807, 2.05) is 24.3 Å². The van der Waals surface area contributed by atoms with E-state index in [1.54, 1.807) is 0 Å². The Kier molecular flexibility index (Phi) is 6.75. The minimum Gasteiger partial charge on any atom is -0.665 e. The van der Waals surface area contributed by atoms with Crippen molar-refractivity contribution >= 4 is 17.8 Å². The zero-order valence-electron chi connectivity index (χ0n) is 7.40. The Morgan fingerprint density at radius 2 is 2.07 bits per heavy atom. The van der Waals surface area contributed by atoms with Gasteiger partial charge in [0.05, 0.1) is 17.9 Å². The number of fused-ring (bicyclic) bond motifs is 1. The second-order valence-electron chi connectivity index (χ2n) is 2.29. The van der Waals surface area contributed by atoms with Gasteiger partial charge in [-0.15, -0.1) is 4.72 Å². The molecule has 0 radical (unpaired) electrons. The zero-order chi connectivity index (χ0) is 9.68. The second kappa shape index (κ2) is 6.95. The summed E-state index contributed by atoms with van der Waals surface area (Å²) in [6.45, 7) is 1.24. The molecule has 0 aliphatic carbocycles. The number of aliphatic hydroxyl groups excluding tert-OH is 1. The molecule has 4 nitrogen and oxygen atoms in total. The van der Waals surface area contributed by atoms with Crippen LogP contribution in [0.5, 0.6) is 0 Å². The van der Waals surface area contributed by atoms with Gasteiger partial charge in [-0.2, -0.15) is 0 Å².